The molecule has 0 aliphatic carbocycles. The largest absolute Gasteiger partial charge is 0.465 e. The van der Waals surface area contributed by atoms with Gasteiger partial charge in [0.25, 0.3) is 0 Å². The van der Waals surface area contributed by atoms with E-state index in [2.05, 4.69) is 20.0 Å². The quantitative estimate of drug-likeness (QED) is 0.801. The molecular formula is C12H14N4O3. The first-order chi connectivity index (χ1) is 9.11. The van der Waals surface area contributed by atoms with Crippen molar-refractivity contribution in [3.63, 3.8) is 0 Å². The second kappa shape index (κ2) is 5.38. The van der Waals surface area contributed by atoms with Crippen LogP contribution < -0.4 is 11.1 Å². The standard InChI is InChI=1S/C12H14N4O3/c1-7-5-15-9(19-7)6-16-11-10(13)8(3-4-14-11)12(17)18-2/h3-5H,6,13H2,1-2H3,(H,14,16). The number of hydrogen-bond donors (Lipinski definition) is 2. The molecule has 0 saturated carbocycles. The van der Waals surface area contributed by atoms with Crippen LogP contribution in [-0.2, 0) is 11.3 Å². The minimum atomic E-state index is -0.505. The van der Waals surface area contributed by atoms with Gasteiger partial charge >= 0.3 is 5.97 Å². The van der Waals surface area contributed by atoms with E-state index >= 15 is 0 Å². The number of aromatic nitrogens is 2. The Morgan fingerprint density at radius 1 is 1.53 bits per heavy atom. The third-order valence-corrected chi connectivity index (χ3v) is 2.47. The molecule has 0 radical (unpaired) electrons. The first-order valence-electron chi connectivity index (χ1n) is 5.59. The van der Waals surface area contributed by atoms with Gasteiger partial charge in [0.2, 0.25) is 5.89 Å². The molecule has 0 fully saturated rings. The summed E-state index contributed by atoms with van der Waals surface area (Å²) in [5.74, 6) is 1.12. The Hall–Kier alpha value is -2.57. The van der Waals surface area contributed by atoms with Crippen LogP contribution in [0.25, 0.3) is 0 Å². The van der Waals surface area contributed by atoms with Crippen LogP contribution in [0.4, 0.5) is 11.5 Å². The predicted molar refractivity (Wildman–Crippen MR) is 68.6 cm³/mol. The lowest BCUT2D eigenvalue weighted by atomic mass is 10.2. The summed E-state index contributed by atoms with van der Waals surface area (Å²) in [6, 6.07) is 1.50. The number of ether oxygens (including phenoxy) is 1. The summed E-state index contributed by atoms with van der Waals surface area (Å²) in [6.07, 6.45) is 3.10. The Morgan fingerprint density at radius 3 is 2.95 bits per heavy atom. The van der Waals surface area contributed by atoms with Crippen molar-refractivity contribution >= 4 is 17.5 Å². The molecular weight excluding hydrogens is 248 g/mol. The zero-order chi connectivity index (χ0) is 13.8. The van der Waals surface area contributed by atoms with Crippen LogP contribution in [0.5, 0.6) is 0 Å². The lowest BCUT2D eigenvalue weighted by Gasteiger charge is -2.09. The third kappa shape index (κ3) is 2.82. The summed E-state index contributed by atoms with van der Waals surface area (Å²) in [4.78, 5) is 19.6. The van der Waals surface area contributed by atoms with Crippen LogP contribution in [0, 0.1) is 6.92 Å². The van der Waals surface area contributed by atoms with E-state index in [1.807, 2.05) is 0 Å². The lowest BCUT2D eigenvalue weighted by Crippen LogP contribution is -2.10. The summed E-state index contributed by atoms with van der Waals surface area (Å²) in [7, 11) is 1.30. The Labute approximate surface area is 109 Å². The van der Waals surface area contributed by atoms with E-state index in [1.54, 1.807) is 13.1 Å². The van der Waals surface area contributed by atoms with Gasteiger partial charge in [-0.1, -0.05) is 0 Å². The molecule has 2 aromatic heterocycles. The number of rotatable bonds is 4. The number of pyridine rings is 1. The van der Waals surface area contributed by atoms with Crippen LogP contribution in [0.2, 0.25) is 0 Å². The van der Waals surface area contributed by atoms with Gasteiger partial charge in [-0.2, -0.15) is 0 Å². The maximum Gasteiger partial charge on any atom is 0.340 e. The Balaban J connectivity index is 2.14. The molecule has 2 heterocycles. The molecule has 0 atom stereocenters. The van der Waals surface area contributed by atoms with E-state index < -0.39 is 5.97 Å². The van der Waals surface area contributed by atoms with Gasteiger partial charge in [-0.15, -0.1) is 0 Å². The van der Waals surface area contributed by atoms with Crippen molar-refractivity contribution in [3.8, 4) is 0 Å². The second-order valence-electron chi connectivity index (χ2n) is 3.83. The van der Waals surface area contributed by atoms with E-state index in [4.69, 9.17) is 10.2 Å². The maximum absolute atomic E-state index is 11.5. The molecule has 0 spiro atoms. The van der Waals surface area contributed by atoms with Crippen molar-refractivity contribution in [3.05, 3.63) is 35.7 Å². The molecule has 0 aromatic carbocycles. The van der Waals surface area contributed by atoms with Crippen LogP contribution in [-0.4, -0.2) is 23.0 Å². The highest BCUT2D eigenvalue weighted by atomic mass is 16.5. The monoisotopic (exact) mass is 262 g/mol. The van der Waals surface area contributed by atoms with Crippen molar-refractivity contribution in [2.75, 3.05) is 18.2 Å². The smallest absolute Gasteiger partial charge is 0.340 e. The molecule has 3 N–H and O–H groups in total. The van der Waals surface area contributed by atoms with Gasteiger partial charge in [-0.05, 0) is 13.0 Å². The average molecular weight is 262 g/mol. The number of methoxy groups -OCH3 is 1. The van der Waals surface area contributed by atoms with Crippen LogP contribution in [0.1, 0.15) is 22.0 Å². The fourth-order valence-electron chi connectivity index (χ4n) is 1.54. The maximum atomic E-state index is 11.5. The highest BCUT2D eigenvalue weighted by molar-refractivity contribution is 5.97. The summed E-state index contributed by atoms with van der Waals surface area (Å²) in [5.41, 5.74) is 6.35. The number of oxazole rings is 1. The van der Waals surface area contributed by atoms with Gasteiger partial charge in [0, 0.05) is 6.20 Å². The Kier molecular flexibility index (Phi) is 3.65. The van der Waals surface area contributed by atoms with E-state index in [1.165, 1.54) is 19.4 Å². The van der Waals surface area contributed by atoms with Gasteiger partial charge < -0.3 is 20.2 Å². The minimum absolute atomic E-state index is 0.234. The number of carbonyl (C=O) groups is 1. The molecule has 0 aliphatic heterocycles. The highest BCUT2D eigenvalue weighted by Gasteiger charge is 2.14. The van der Waals surface area contributed by atoms with Crippen molar-refractivity contribution in [1.82, 2.24) is 9.97 Å². The fraction of sp³-hybridized carbons (Fsp3) is 0.250. The number of nitrogens with one attached hydrogen (secondary N) is 1. The van der Waals surface area contributed by atoms with E-state index in [0.29, 0.717) is 18.3 Å². The average Bonchev–Trinajstić information content (AvgIpc) is 2.82. The first-order valence-corrected chi connectivity index (χ1v) is 5.59. The fourth-order valence-corrected chi connectivity index (χ4v) is 1.54. The van der Waals surface area contributed by atoms with E-state index in [0.717, 1.165) is 5.76 Å². The molecule has 0 aliphatic rings. The zero-order valence-corrected chi connectivity index (χ0v) is 10.6. The summed E-state index contributed by atoms with van der Waals surface area (Å²) in [6.45, 7) is 2.14. The molecule has 19 heavy (non-hydrogen) atoms. The lowest BCUT2D eigenvalue weighted by molar-refractivity contribution is 0.0602. The third-order valence-electron chi connectivity index (χ3n) is 2.47. The zero-order valence-electron chi connectivity index (χ0n) is 10.6. The Bertz CT molecular complexity index is 594. The topological polar surface area (TPSA) is 103 Å². The van der Waals surface area contributed by atoms with Gasteiger partial charge in [0.1, 0.15) is 11.6 Å². The number of carbonyl (C=O) groups excluding carboxylic acids is 1. The van der Waals surface area contributed by atoms with Crippen LogP contribution in [0.15, 0.2) is 22.9 Å². The van der Waals surface area contributed by atoms with E-state index in [-0.39, 0.29) is 11.3 Å². The van der Waals surface area contributed by atoms with Crippen LogP contribution >= 0.6 is 0 Å². The summed E-state index contributed by atoms with van der Waals surface area (Å²) >= 11 is 0. The summed E-state index contributed by atoms with van der Waals surface area (Å²) in [5, 5.41) is 2.96. The van der Waals surface area contributed by atoms with Crippen LogP contribution in [0.3, 0.4) is 0 Å². The molecule has 0 saturated heterocycles. The molecule has 100 valence electrons. The van der Waals surface area contributed by atoms with Gasteiger partial charge in [-0.25, -0.2) is 14.8 Å². The molecule has 2 aromatic rings. The van der Waals surface area contributed by atoms with Crippen molar-refractivity contribution in [1.29, 1.82) is 0 Å². The highest BCUT2D eigenvalue weighted by Crippen LogP contribution is 2.21. The number of hydrogen-bond acceptors (Lipinski definition) is 7. The van der Waals surface area contributed by atoms with Crippen molar-refractivity contribution in [2.45, 2.75) is 13.5 Å². The molecule has 7 nitrogen and oxygen atoms in total. The molecule has 0 bridgehead atoms. The van der Waals surface area contributed by atoms with E-state index in [9.17, 15) is 4.79 Å². The number of anilines is 2. The van der Waals surface area contributed by atoms with Crippen molar-refractivity contribution in [2.24, 2.45) is 0 Å². The normalized spacial score (nSPS) is 10.2. The number of esters is 1. The first kappa shape index (κ1) is 12.9. The van der Waals surface area contributed by atoms with Gasteiger partial charge in [-0.3, -0.25) is 0 Å². The molecule has 0 amide bonds. The summed E-state index contributed by atoms with van der Waals surface area (Å²) < 4.78 is 9.94. The number of nitrogen functional groups attached to an aromatic ring is 1. The second-order valence-corrected chi connectivity index (χ2v) is 3.83. The Morgan fingerprint density at radius 2 is 2.32 bits per heavy atom. The molecule has 2 rings (SSSR count). The number of aryl methyl sites for hydroxylation is 1. The molecule has 7 heteroatoms. The predicted octanol–water partition coefficient (Wildman–Crippen LogP) is 1.36. The SMILES string of the molecule is COC(=O)c1ccnc(NCc2ncc(C)o2)c1N. The van der Waals surface area contributed by atoms with Crippen molar-refractivity contribution < 1.29 is 13.9 Å². The van der Waals surface area contributed by atoms with Gasteiger partial charge in [0.05, 0.1) is 31.1 Å². The molecule has 0 unspecified atom stereocenters. The number of nitrogens with two attached hydrogens (primary N) is 1. The van der Waals surface area contributed by atoms with Gasteiger partial charge in [0.15, 0.2) is 0 Å². The number of nitrogens with zero attached hydrogens (tertiary/aromatic N) is 2. The minimum Gasteiger partial charge on any atom is -0.465 e.